The van der Waals surface area contributed by atoms with E-state index in [4.69, 9.17) is 9.84 Å². The highest BCUT2D eigenvalue weighted by molar-refractivity contribution is 7.86. The Bertz CT molecular complexity index is 3830. The number of hydrogen-bond donors (Lipinski definition) is 8. The van der Waals surface area contributed by atoms with Crippen molar-refractivity contribution in [3.05, 3.63) is 119 Å². The van der Waals surface area contributed by atoms with E-state index in [0.717, 1.165) is 12.1 Å². The molecule has 2 aliphatic heterocycles. The molecule has 3 aliphatic rings. The van der Waals surface area contributed by atoms with Crippen LogP contribution in [-0.4, -0.2) is 143 Å². The van der Waals surface area contributed by atoms with Gasteiger partial charge in [-0.1, -0.05) is 19.9 Å². The topological polar surface area (TPSA) is 414 Å². The summed E-state index contributed by atoms with van der Waals surface area (Å²) in [4.78, 5) is 59.0. The van der Waals surface area contributed by atoms with Gasteiger partial charge >= 0.3 is 17.9 Å². The fourth-order valence-electron chi connectivity index (χ4n) is 10.8. The molecule has 86 heavy (non-hydrogen) atoms. The van der Waals surface area contributed by atoms with Crippen LogP contribution in [-0.2, 0) is 75.0 Å². The molecule has 2 heterocycles. The summed E-state index contributed by atoms with van der Waals surface area (Å²) in [5, 5.41) is 30.6. The van der Waals surface area contributed by atoms with Gasteiger partial charge in [-0.2, -0.15) is 29.8 Å². The number of allylic oxidation sites excluding steroid dienone is 7. The summed E-state index contributed by atoms with van der Waals surface area (Å²) in [6.07, 6.45) is 7.05. The molecule has 0 spiro atoms. The zero-order chi connectivity index (χ0) is 64.0. The van der Waals surface area contributed by atoms with E-state index in [2.05, 4.69) is 5.32 Å². The zero-order valence-electron chi connectivity index (χ0n) is 47.5. The highest BCUT2D eigenvalue weighted by Crippen LogP contribution is 2.50. The van der Waals surface area contributed by atoms with E-state index in [9.17, 15) is 90.7 Å². The summed E-state index contributed by atoms with van der Waals surface area (Å²) in [7, 11) is -22.7. The number of anilines is 1. The zero-order valence-corrected chi connectivity index (χ0v) is 51.6. The van der Waals surface area contributed by atoms with Crippen molar-refractivity contribution in [1.82, 2.24) is 5.32 Å². The van der Waals surface area contributed by atoms with Gasteiger partial charge in [-0.15, -0.1) is 0 Å². The Kier molecular flexibility index (Phi) is 21.8. The number of carbonyl (C=O) groups excluding carboxylic acids is 1. The van der Waals surface area contributed by atoms with Crippen LogP contribution in [0.15, 0.2) is 122 Å². The quantitative estimate of drug-likeness (QED) is 0.0142. The Morgan fingerprint density at radius 1 is 0.744 bits per heavy atom. The number of aliphatic carboxylic acids is 3. The number of amides is 1. The number of nitrogens with one attached hydrogen (secondary N) is 1. The Morgan fingerprint density at radius 2 is 1.38 bits per heavy atom. The van der Waals surface area contributed by atoms with E-state index in [0.29, 0.717) is 82.9 Å². The Hall–Kier alpha value is -6.40. The molecule has 0 bridgehead atoms. The average Bonchev–Trinajstić information content (AvgIpc) is 1.62. The summed E-state index contributed by atoms with van der Waals surface area (Å²) in [5.41, 5.74) is 2.91. The van der Waals surface area contributed by atoms with Crippen LogP contribution < -0.4 is 15.0 Å². The minimum absolute atomic E-state index is 0.0907. The van der Waals surface area contributed by atoms with Crippen LogP contribution in [0.5, 0.6) is 5.75 Å². The first-order valence-electron chi connectivity index (χ1n) is 27.3. The molecule has 3 aromatic rings. The number of ether oxygens (including phenoxy) is 1. The molecule has 0 aromatic heterocycles. The Morgan fingerprint density at radius 3 is 1.99 bits per heavy atom. The van der Waals surface area contributed by atoms with Crippen LogP contribution in [0, 0.1) is 5.92 Å². The fourth-order valence-corrected chi connectivity index (χ4v) is 14.7. The number of fused-ring (bicyclic) bond motifs is 2. The number of carboxylic acid groups (broad SMARTS) is 3. The second kappa shape index (κ2) is 27.3. The third kappa shape index (κ3) is 17.9. The van der Waals surface area contributed by atoms with E-state index in [1.807, 2.05) is 61.5 Å². The Labute approximate surface area is 499 Å². The molecule has 1 aliphatic carbocycles. The van der Waals surface area contributed by atoms with Crippen molar-refractivity contribution in [2.75, 3.05) is 36.1 Å². The molecule has 0 saturated carbocycles. The van der Waals surface area contributed by atoms with E-state index in [-0.39, 0.29) is 49.4 Å². The van der Waals surface area contributed by atoms with Crippen molar-refractivity contribution in [2.45, 2.75) is 136 Å². The van der Waals surface area contributed by atoms with Gasteiger partial charge in [-0.05, 0) is 155 Å². The highest BCUT2D eigenvalue weighted by atomic mass is 32.2. The molecule has 30 heteroatoms. The van der Waals surface area contributed by atoms with E-state index in [1.165, 1.54) is 42.5 Å². The molecule has 2 unspecified atom stereocenters. The van der Waals surface area contributed by atoms with Crippen molar-refractivity contribution in [3.63, 3.8) is 0 Å². The summed E-state index contributed by atoms with van der Waals surface area (Å²) < 4.78 is 160. The molecule has 470 valence electrons. The third-order valence-corrected chi connectivity index (χ3v) is 20.6. The minimum Gasteiger partial charge on any atom is -0.744 e. The standard InChI is InChI=1S/C56H70N3O22PS4/c1-55(2)43-33-41(85(75,76)77)21-23-46(43)58(29-7-5-6-13-50(60)57-45(54(65)66)28-31-82(67,68)35-38(53(63)64)16-27-51(61)62)48(55)25-14-36-11-10-12-37(52(36)81-39-17-19-40(20-18-39)84(72,73)74)15-26-49-56(3,4)44-34-42(86(78,79)80)22-24-47(44)59(49)30-8-9-32-83(69,70)71/h14-15,17-26,33-34,38,45H,5-13,16,27-32,35H2,1-4H3,(H8-,57,60,61,62,63,64,65,66,67,68,69,70,71,72,73,74,75,76,77,78,79,80)/t38?,45-/m0/s1. The molecular formula is C56H70N3O22PS4. The number of unbranched alkanes of at least 4 members (excludes halogenated alkanes) is 3. The first kappa shape index (κ1) is 68.7. The summed E-state index contributed by atoms with van der Waals surface area (Å²) in [6.45, 7) is 7.89. The van der Waals surface area contributed by atoms with E-state index in [1.54, 1.807) is 6.07 Å². The molecule has 3 aromatic carbocycles. The monoisotopic (exact) mass is 1300 g/mol. The summed E-state index contributed by atoms with van der Waals surface area (Å²) in [6, 6.07) is 11.6. The van der Waals surface area contributed by atoms with Crippen molar-refractivity contribution < 1.29 is 105 Å². The molecule has 0 saturated heterocycles. The Balaban J connectivity index is 1.33. The average molecular weight is 1300 g/mol. The van der Waals surface area contributed by atoms with Crippen molar-refractivity contribution >= 4 is 88.7 Å². The lowest BCUT2D eigenvalue weighted by Crippen LogP contribution is -2.41. The van der Waals surface area contributed by atoms with Gasteiger partial charge in [0.2, 0.25) is 19.0 Å². The van der Waals surface area contributed by atoms with Gasteiger partial charge in [0.05, 0.1) is 31.8 Å². The van der Waals surface area contributed by atoms with Crippen molar-refractivity contribution in [3.8, 4) is 5.75 Å². The van der Waals surface area contributed by atoms with Gasteiger partial charge < -0.3 is 39.7 Å². The maximum atomic E-state index is 13.1. The predicted molar refractivity (Wildman–Crippen MR) is 313 cm³/mol. The van der Waals surface area contributed by atoms with Gasteiger partial charge in [-0.3, -0.25) is 32.6 Å². The van der Waals surface area contributed by atoms with Gasteiger partial charge in [0.25, 0.3) is 30.4 Å². The lowest BCUT2D eigenvalue weighted by Gasteiger charge is -2.27. The number of benzene rings is 3. The van der Waals surface area contributed by atoms with Gasteiger partial charge in [0.15, 0.2) is 5.71 Å². The van der Waals surface area contributed by atoms with Crippen molar-refractivity contribution in [2.24, 2.45) is 5.92 Å². The first-order chi connectivity index (χ1) is 39.8. The number of nitrogens with zero attached hydrogens (tertiary/aromatic N) is 2. The molecular weight excluding hydrogens is 1230 g/mol. The minimum atomic E-state index is -4.91. The van der Waals surface area contributed by atoms with E-state index < -0.39 is 142 Å². The number of hydrogen-bond acceptors (Lipinski definition) is 16. The van der Waals surface area contributed by atoms with Crippen LogP contribution in [0.2, 0.25) is 0 Å². The van der Waals surface area contributed by atoms with Crippen LogP contribution in [0.25, 0.3) is 0 Å². The van der Waals surface area contributed by atoms with E-state index >= 15 is 0 Å². The molecule has 3 atom stereocenters. The fraction of sp³-hybridized carbons (Fsp3) is 0.446. The molecule has 0 fully saturated rings. The van der Waals surface area contributed by atoms with Crippen LogP contribution in [0.1, 0.15) is 116 Å². The third-order valence-electron chi connectivity index (χ3n) is 15.3. The molecule has 25 nitrogen and oxygen atoms in total. The van der Waals surface area contributed by atoms with Crippen LogP contribution in [0.4, 0.5) is 11.4 Å². The first-order valence-corrected chi connectivity index (χ1v) is 35.2. The molecule has 6 rings (SSSR count). The van der Waals surface area contributed by atoms with Gasteiger partial charge in [0.1, 0.15) is 34.2 Å². The number of carboxylic acids is 3. The summed E-state index contributed by atoms with van der Waals surface area (Å²) >= 11 is 0. The lowest BCUT2D eigenvalue weighted by molar-refractivity contribution is -0.438. The maximum absolute atomic E-state index is 13.1. The normalized spacial score (nSPS) is 18.5. The van der Waals surface area contributed by atoms with Crippen LogP contribution in [0.3, 0.4) is 0 Å². The number of rotatable bonds is 30. The molecule has 0 radical (unpaired) electrons. The number of carbonyl (C=O) groups is 4. The SMILES string of the molecule is CC1(C)C(/C=C/C2=C(Oc3ccc(S(=O)(=O)O)cc3)C(=C/C=C3/N(CCCCS(=O)(=O)O)c4ccc(S(=O)(=O)O)cc4C3(C)C)/CCC2)=[N+](CCCCCC(=O)N[C@@H](CCP(=O)(O)CC(CCC(=O)O)C(=O)O)C(=O)O)c2ccc(S(=O)(=O)[O-])cc21. The smallest absolute Gasteiger partial charge is 0.326 e. The van der Waals surface area contributed by atoms with Crippen LogP contribution >= 0.6 is 7.37 Å². The second-order valence-corrected chi connectivity index (χ2v) is 30.6. The van der Waals surface area contributed by atoms with Gasteiger partial charge in [0, 0.05) is 72.6 Å². The largest absolute Gasteiger partial charge is 0.744 e. The predicted octanol–water partition coefficient (Wildman–Crippen LogP) is 7.17. The maximum Gasteiger partial charge on any atom is 0.326 e. The van der Waals surface area contributed by atoms with Crippen molar-refractivity contribution in [1.29, 1.82) is 0 Å². The second-order valence-electron chi connectivity index (χ2n) is 22.3. The van der Waals surface area contributed by atoms with Gasteiger partial charge in [-0.25, -0.2) is 13.2 Å². The highest BCUT2D eigenvalue weighted by Gasteiger charge is 2.45. The lowest BCUT2D eigenvalue weighted by atomic mass is 9.81. The molecule has 8 N–H and O–H groups in total. The summed E-state index contributed by atoms with van der Waals surface area (Å²) in [5.74, 6) is -6.40. The molecule has 1 amide bonds.